The summed E-state index contributed by atoms with van der Waals surface area (Å²) in [7, 11) is 0. The first-order valence-electron chi connectivity index (χ1n) is 12.2. The van der Waals surface area contributed by atoms with Crippen LogP contribution in [0.15, 0.2) is 48.5 Å². The normalized spacial score (nSPS) is 10.1. The Kier molecular flexibility index (Phi) is 19.5. The zero-order valence-corrected chi connectivity index (χ0v) is 20.7. The molecule has 0 aliphatic heterocycles. The quantitative estimate of drug-likeness (QED) is 0.214. The van der Waals surface area contributed by atoms with E-state index in [2.05, 4.69) is 13.8 Å². The zero-order valence-electron chi connectivity index (χ0n) is 19.7. The Hall–Kier alpha value is -1.47. The van der Waals surface area contributed by atoms with E-state index in [4.69, 9.17) is 10.2 Å². The molecule has 2 aromatic carbocycles. The van der Waals surface area contributed by atoms with Gasteiger partial charge in [-0.3, -0.25) is 0 Å². The van der Waals surface area contributed by atoms with E-state index in [-0.39, 0.29) is 16.5 Å². The van der Waals surface area contributed by atoms with Gasteiger partial charge in [-0.05, 0) is 61.1 Å². The summed E-state index contributed by atoms with van der Waals surface area (Å²) in [4.78, 5) is 0. The summed E-state index contributed by atoms with van der Waals surface area (Å²) in [6.45, 7) is 4.49. The molecule has 3 heteroatoms. The molecule has 0 spiro atoms. The van der Waals surface area contributed by atoms with E-state index in [9.17, 15) is 0 Å². The Morgan fingerprint density at radius 2 is 0.742 bits per heavy atom. The van der Waals surface area contributed by atoms with Crippen molar-refractivity contribution in [3.63, 3.8) is 0 Å². The van der Waals surface area contributed by atoms with E-state index >= 15 is 0 Å². The second-order valence-corrected chi connectivity index (χ2v) is 8.37. The number of hydrogen-bond acceptors (Lipinski definition) is 2. The molecule has 2 rings (SSSR count). The minimum Gasteiger partial charge on any atom is -0.508 e. The molecule has 0 fully saturated rings. The van der Waals surface area contributed by atoms with E-state index in [1.165, 1.54) is 88.2 Å². The van der Waals surface area contributed by atoms with Crippen LogP contribution in [0, 0.1) is 0 Å². The minimum absolute atomic E-state index is 0. The van der Waals surface area contributed by atoms with Crippen LogP contribution in [-0.4, -0.2) is 10.2 Å². The molecule has 0 heterocycles. The molecule has 178 valence electrons. The van der Waals surface area contributed by atoms with Crippen molar-refractivity contribution in [1.82, 2.24) is 0 Å². The van der Waals surface area contributed by atoms with Crippen molar-refractivity contribution in [2.75, 3.05) is 0 Å². The third-order valence-corrected chi connectivity index (χ3v) is 5.51. The molecule has 0 amide bonds. The van der Waals surface area contributed by atoms with E-state index in [1.807, 2.05) is 24.3 Å². The molecule has 2 N–H and O–H groups in total. The van der Waals surface area contributed by atoms with Gasteiger partial charge in [0.2, 0.25) is 0 Å². The number of aromatic hydroxyl groups is 2. The van der Waals surface area contributed by atoms with Crippen molar-refractivity contribution in [3.8, 4) is 11.5 Å². The second kappa shape index (κ2) is 20.4. The van der Waals surface area contributed by atoms with Crippen molar-refractivity contribution in [2.24, 2.45) is 0 Å². The average molecular weight is 471 g/mol. The largest absolute Gasteiger partial charge is 0.508 e. The van der Waals surface area contributed by atoms with Gasteiger partial charge in [-0.2, -0.15) is 0 Å². The minimum atomic E-state index is 0. The first-order chi connectivity index (χ1) is 14.7. The van der Waals surface area contributed by atoms with Crippen molar-refractivity contribution < 1.29 is 26.7 Å². The van der Waals surface area contributed by atoms with Crippen LogP contribution in [0.4, 0.5) is 0 Å². The summed E-state index contributed by atoms with van der Waals surface area (Å²) < 4.78 is 0. The fourth-order valence-corrected chi connectivity index (χ4v) is 3.54. The maximum absolute atomic E-state index is 9.13. The molecule has 0 aromatic heterocycles. The molecule has 0 unspecified atom stereocenters. The summed E-state index contributed by atoms with van der Waals surface area (Å²) in [6.07, 6.45) is 18.4. The molecule has 0 radical (unpaired) electrons. The number of aryl methyl sites for hydroxylation is 2. The van der Waals surface area contributed by atoms with Gasteiger partial charge in [0.25, 0.3) is 0 Å². The van der Waals surface area contributed by atoms with Crippen molar-refractivity contribution in [2.45, 2.75) is 104 Å². The Morgan fingerprint density at radius 3 is 1.06 bits per heavy atom. The van der Waals surface area contributed by atoms with Crippen molar-refractivity contribution in [3.05, 3.63) is 59.7 Å². The second-order valence-electron chi connectivity index (χ2n) is 8.37. The zero-order chi connectivity index (χ0) is 21.9. The Balaban J connectivity index is 0.000000562. The SMILES string of the molecule is CCCCCCCCc1ccc(O)cc1.CCCCCCCCc1ccc(O)cc1.[Ni]. The van der Waals surface area contributed by atoms with Crippen LogP contribution in [0.5, 0.6) is 11.5 Å². The maximum Gasteiger partial charge on any atom is 0.115 e. The van der Waals surface area contributed by atoms with Gasteiger partial charge in [-0.15, -0.1) is 0 Å². The molecule has 2 aromatic rings. The van der Waals surface area contributed by atoms with Gasteiger partial charge in [-0.25, -0.2) is 0 Å². The van der Waals surface area contributed by atoms with Crippen LogP contribution in [-0.2, 0) is 29.3 Å². The molecule has 0 aliphatic carbocycles. The number of hydrogen-bond donors (Lipinski definition) is 2. The van der Waals surface area contributed by atoms with Gasteiger partial charge in [0.1, 0.15) is 11.5 Å². The smallest absolute Gasteiger partial charge is 0.115 e. The Bertz CT molecular complexity index is 565. The molecule has 31 heavy (non-hydrogen) atoms. The standard InChI is InChI=1S/2C14H22O.Ni/c2*1-2-3-4-5-6-7-8-13-9-11-14(15)12-10-13;/h2*9-12,15H,2-8H2,1H3;. The number of phenolic OH excluding ortho intramolecular Hbond substituents is 2. The molecule has 0 aliphatic rings. The molecule has 2 nitrogen and oxygen atoms in total. The number of phenols is 2. The van der Waals surface area contributed by atoms with Crippen molar-refractivity contribution in [1.29, 1.82) is 0 Å². The van der Waals surface area contributed by atoms with Gasteiger partial charge in [-0.1, -0.05) is 102 Å². The molecular weight excluding hydrogens is 427 g/mol. The van der Waals surface area contributed by atoms with Gasteiger partial charge in [0.15, 0.2) is 0 Å². The molecule has 0 saturated carbocycles. The van der Waals surface area contributed by atoms with E-state index in [0.717, 1.165) is 12.8 Å². The summed E-state index contributed by atoms with van der Waals surface area (Å²) in [5.41, 5.74) is 2.67. The monoisotopic (exact) mass is 470 g/mol. The predicted octanol–water partition coefficient (Wildman–Crippen LogP) is 8.59. The molecular formula is C28H44NiO2. The third-order valence-electron chi connectivity index (χ3n) is 5.51. The van der Waals surface area contributed by atoms with Crippen LogP contribution in [0.1, 0.15) is 102 Å². The van der Waals surface area contributed by atoms with Gasteiger partial charge in [0.05, 0.1) is 0 Å². The average Bonchev–Trinajstić information content (AvgIpc) is 2.76. The predicted molar refractivity (Wildman–Crippen MR) is 130 cm³/mol. The van der Waals surface area contributed by atoms with Gasteiger partial charge >= 0.3 is 0 Å². The summed E-state index contributed by atoms with van der Waals surface area (Å²) >= 11 is 0. The van der Waals surface area contributed by atoms with Gasteiger partial charge in [0, 0.05) is 16.5 Å². The molecule has 0 bridgehead atoms. The van der Waals surface area contributed by atoms with Crippen LogP contribution >= 0.6 is 0 Å². The number of benzene rings is 2. The van der Waals surface area contributed by atoms with Gasteiger partial charge < -0.3 is 10.2 Å². The van der Waals surface area contributed by atoms with Crippen LogP contribution in [0.25, 0.3) is 0 Å². The summed E-state index contributed by atoms with van der Waals surface area (Å²) in [5, 5.41) is 18.3. The van der Waals surface area contributed by atoms with E-state index in [0.29, 0.717) is 11.5 Å². The fourth-order valence-electron chi connectivity index (χ4n) is 3.54. The fraction of sp³-hybridized carbons (Fsp3) is 0.571. The number of rotatable bonds is 14. The Morgan fingerprint density at radius 1 is 0.452 bits per heavy atom. The summed E-state index contributed by atoms with van der Waals surface area (Å²) in [5.74, 6) is 0.725. The van der Waals surface area contributed by atoms with Crippen molar-refractivity contribution >= 4 is 0 Å². The van der Waals surface area contributed by atoms with E-state index < -0.39 is 0 Å². The first-order valence-corrected chi connectivity index (χ1v) is 12.2. The third kappa shape index (κ3) is 16.8. The van der Waals surface area contributed by atoms with Crippen LogP contribution in [0.2, 0.25) is 0 Å². The van der Waals surface area contributed by atoms with E-state index in [1.54, 1.807) is 24.3 Å². The first kappa shape index (κ1) is 29.5. The Labute approximate surface area is 201 Å². The topological polar surface area (TPSA) is 40.5 Å². The number of unbranched alkanes of at least 4 members (excludes halogenated alkanes) is 10. The maximum atomic E-state index is 9.13. The van der Waals surface area contributed by atoms with Crippen LogP contribution < -0.4 is 0 Å². The van der Waals surface area contributed by atoms with Crippen LogP contribution in [0.3, 0.4) is 0 Å². The molecule has 0 saturated heterocycles. The molecule has 0 atom stereocenters. The summed E-state index contributed by atoms with van der Waals surface area (Å²) in [6, 6.07) is 15.1.